The quantitative estimate of drug-likeness (QED) is 0.698. The number of hydrogen-bond donors (Lipinski definition) is 0. The van der Waals surface area contributed by atoms with Crippen molar-refractivity contribution in [1.29, 1.82) is 0 Å². The van der Waals surface area contributed by atoms with Crippen LogP contribution in [0.5, 0.6) is 0 Å². The first-order chi connectivity index (χ1) is 8.63. The van der Waals surface area contributed by atoms with Crippen LogP contribution in [0.3, 0.4) is 0 Å². The molecule has 1 heterocycles. The summed E-state index contributed by atoms with van der Waals surface area (Å²) >= 11 is 0. The normalized spacial score (nSPS) is 10.9. The van der Waals surface area contributed by atoms with Crippen LogP contribution in [0.25, 0.3) is 0 Å². The number of carbonyl (C=O) groups is 1. The first kappa shape index (κ1) is 14.8. The molecule has 1 aromatic rings. The minimum Gasteiger partial charge on any atom is -0.461 e. The lowest BCUT2D eigenvalue weighted by Gasteiger charge is -2.19. The number of carbonyl (C=O) groups excluding carboxylic acids is 1. The van der Waals surface area contributed by atoms with Crippen LogP contribution in [0.4, 0.5) is 0 Å². The van der Waals surface area contributed by atoms with Gasteiger partial charge < -0.3 is 14.2 Å². The van der Waals surface area contributed by atoms with Gasteiger partial charge in [-0.05, 0) is 38.6 Å². The van der Waals surface area contributed by atoms with Crippen molar-refractivity contribution in [2.45, 2.75) is 34.2 Å². The molecule has 0 aromatic carbocycles. The number of aryl methyl sites for hydroxylation is 1. The summed E-state index contributed by atoms with van der Waals surface area (Å²) in [6.07, 6.45) is 1.96. The number of likely N-dealkylation sites (N-methyl/N-ethyl adjacent to an activating group) is 1. The highest BCUT2D eigenvalue weighted by molar-refractivity contribution is 5.89. The fourth-order valence-corrected chi connectivity index (χ4v) is 2.03. The predicted molar refractivity (Wildman–Crippen MR) is 72.9 cm³/mol. The van der Waals surface area contributed by atoms with E-state index in [0.717, 1.165) is 31.7 Å². The van der Waals surface area contributed by atoms with Crippen molar-refractivity contribution in [2.75, 3.05) is 26.2 Å². The van der Waals surface area contributed by atoms with Gasteiger partial charge >= 0.3 is 5.97 Å². The lowest BCUT2D eigenvalue weighted by molar-refractivity contribution is 0.0512. The largest absolute Gasteiger partial charge is 0.461 e. The molecule has 0 atom stereocenters. The van der Waals surface area contributed by atoms with Crippen molar-refractivity contribution < 1.29 is 9.53 Å². The first-order valence-corrected chi connectivity index (χ1v) is 6.69. The Hall–Kier alpha value is -1.29. The van der Waals surface area contributed by atoms with Crippen LogP contribution in [0.15, 0.2) is 12.3 Å². The highest BCUT2D eigenvalue weighted by atomic mass is 16.5. The molecule has 0 aliphatic heterocycles. The summed E-state index contributed by atoms with van der Waals surface area (Å²) in [7, 11) is 0. The van der Waals surface area contributed by atoms with Crippen molar-refractivity contribution in [3.05, 3.63) is 23.5 Å². The Morgan fingerprint density at radius 1 is 1.33 bits per heavy atom. The molecule has 0 aliphatic carbocycles. The van der Waals surface area contributed by atoms with Crippen LogP contribution in [0.2, 0.25) is 0 Å². The highest BCUT2D eigenvalue weighted by Gasteiger charge is 2.15. The van der Waals surface area contributed by atoms with Gasteiger partial charge in [-0.1, -0.05) is 13.8 Å². The Bertz CT molecular complexity index is 381. The maximum absolute atomic E-state index is 11.9. The van der Waals surface area contributed by atoms with Gasteiger partial charge in [-0.2, -0.15) is 0 Å². The average molecular weight is 252 g/mol. The minimum atomic E-state index is -0.223. The maximum Gasteiger partial charge on any atom is 0.355 e. The van der Waals surface area contributed by atoms with Crippen molar-refractivity contribution in [3.63, 3.8) is 0 Å². The van der Waals surface area contributed by atoms with Crippen molar-refractivity contribution in [2.24, 2.45) is 0 Å². The molecule has 0 fully saturated rings. The molecular formula is C14H24N2O2. The van der Waals surface area contributed by atoms with Crippen LogP contribution < -0.4 is 0 Å². The smallest absolute Gasteiger partial charge is 0.355 e. The molecule has 18 heavy (non-hydrogen) atoms. The summed E-state index contributed by atoms with van der Waals surface area (Å²) in [6.45, 7) is 12.3. The number of aromatic nitrogens is 1. The van der Waals surface area contributed by atoms with Gasteiger partial charge in [0, 0.05) is 19.3 Å². The lowest BCUT2D eigenvalue weighted by Crippen LogP contribution is -2.28. The second-order valence-corrected chi connectivity index (χ2v) is 4.29. The third kappa shape index (κ3) is 3.60. The zero-order valence-corrected chi connectivity index (χ0v) is 11.9. The predicted octanol–water partition coefficient (Wildman–Crippen LogP) is 2.32. The molecule has 0 amide bonds. The number of ether oxygens (including phenoxy) is 1. The van der Waals surface area contributed by atoms with Crippen LogP contribution in [0, 0.1) is 6.92 Å². The molecular weight excluding hydrogens is 228 g/mol. The van der Waals surface area contributed by atoms with Gasteiger partial charge in [0.05, 0.1) is 6.61 Å². The lowest BCUT2D eigenvalue weighted by atomic mass is 10.3. The summed E-state index contributed by atoms with van der Waals surface area (Å²) in [5.41, 5.74) is 1.66. The van der Waals surface area contributed by atoms with Crippen molar-refractivity contribution >= 4 is 5.97 Å². The van der Waals surface area contributed by atoms with E-state index >= 15 is 0 Å². The van der Waals surface area contributed by atoms with E-state index in [1.54, 1.807) is 0 Å². The first-order valence-electron chi connectivity index (χ1n) is 6.69. The van der Waals surface area contributed by atoms with Gasteiger partial charge in [-0.25, -0.2) is 4.79 Å². The molecule has 102 valence electrons. The Labute approximate surface area is 110 Å². The van der Waals surface area contributed by atoms with E-state index < -0.39 is 0 Å². The number of nitrogens with zero attached hydrogens (tertiary/aromatic N) is 2. The second kappa shape index (κ2) is 7.21. The monoisotopic (exact) mass is 252 g/mol. The van der Waals surface area contributed by atoms with E-state index in [9.17, 15) is 4.79 Å². The molecule has 4 heteroatoms. The standard InChI is InChI=1S/C14H24N2O2/c1-5-15(6-2)10-11-16-9-8-12(4)13(16)14(17)18-7-3/h8-9H,5-7,10-11H2,1-4H3. The summed E-state index contributed by atoms with van der Waals surface area (Å²) in [4.78, 5) is 14.2. The summed E-state index contributed by atoms with van der Waals surface area (Å²) < 4.78 is 7.09. The molecule has 0 radical (unpaired) electrons. The number of esters is 1. The van der Waals surface area contributed by atoms with Crippen molar-refractivity contribution in [3.8, 4) is 0 Å². The third-order valence-corrected chi connectivity index (χ3v) is 3.19. The maximum atomic E-state index is 11.9. The van der Waals surface area contributed by atoms with Gasteiger partial charge in [0.2, 0.25) is 0 Å². The van der Waals surface area contributed by atoms with Crippen LogP contribution in [0.1, 0.15) is 36.8 Å². The average Bonchev–Trinajstić information content (AvgIpc) is 2.72. The molecule has 1 rings (SSSR count). The highest BCUT2D eigenvalue weighted by Crippen LogP contribution is 2.12. The van der Waals surface area contributed by atoms with Gasteiger partial charge in [0.25, 0.3) is 0 Å². The van der Waals surface area contributed by atoms with E-state index in [1.165, 1.54) is 0 Å². The van der Waals surface area contributed by atoms with E-state index in [2.05, 4.69) is 18.7 Å². The molecule has 0 N–H and O–H groups in total. The number of hydrogen-bond acceptors (Lipinski definition) is 3. The fourth-order valence-electron chi connectivity index (χ4n) is 2.03. The Morgan fingerprint density at radius 2 is 2.00 bits per heavy atom. The van der Waals surface area contributed by atoms with Gasteiger partial charge in [-0.3, -0.25) is 0 Å². The Kier molecular flexibility index (Phi) is 5.92. The number of rotatable bonds is 7. The zero-order chi connectivity index (χ0) is 13.5. The van der Waals surface area contributed by atoms with Gasteiger partial charge in [0.15, 0.2) is 0 Å². The second-order valence-electron chi connectivity index (χ2n) is 4.29. The van der Waals surface area contributed by atoms with E-state index in [0.29, 0.717) is 12.3 Å². The van der Waals surface area contributed by atoms with Crippen LogP contribution in [-0.2, 0) is 11.3 Å². The molecule has 1 aromatic heterocycles. The van der Waals surface area contributed by atoms with E-state index in [4.69, 9.17) is 4.74 Å². The topological polar surface area (TPSA) is 34.5 Å². The Morgan fingerprint density at radius 3 is 2.56 bits per heavy atom. The molecule has 0 aliphatic rings. The molecule has 0 saturated heterocycles. The molecule has 4 nitrogen and oxygen atoms in total. The Balaban J connectivity index is 2.74. The van der Waals surface area contributed by atoms with E-state index in [-0.39, 0.29) is 5.97 Å². The van der Waals surface area contributed by atoms with E-state index in [1.807, 2.05) is 30.7 Å². The van der Waals surface area contributed by atoms with Crippen LogP contribution in [-0.4, -0.2) is 41.7 Å². The zero-order valence-electron chi connectivity index (χ0n) is 11.9. The van der Waals surface area contributed by atoms with Gasteiger partial charge in [0.1, 0.15) is 5.69 Å². The fraction of sp³-hybridized carbons (Fsp3) is 0.643. The minimum absolute atomic E-state index is 0.223. The molecule has 0 bridgehead atoms. The summed E-state index contributed by atoms with van der Waals surface area (Å²) in [5.74, 6) is -0.223. The van der Waals surface area contributed by atoms with Gasteiger partial charge in [-0.15, -0.1) is 0 Å². The van der Waals surface area contributed by atoms with Crippen LogP contribution >= 0.6 is 0 Å². The summed E-state index contributed by atoms with van der Waals surface area (Å²) in [5, 5.41) is 0. The molecule has 0 unspecified atom stereocenters. The van der Waals surface area contributed by atoms with Crippen molar-refractivity contribution in [1.82, 2.24) is 9.47 Å². The third-order valence-electron chi connectivity index (χ3n) is 3.19. The molecule has 0 saturated carbocycles. The molecule has 0 spiro atoms. The summed E-state index contributed by atoms with van der Waals surface area (Å²) in [6, 6.07) is 1.97. The SMILES string of the molecule is CCOC(=O)c1c(C)ccn1CCN(CC)CC.